The molecule has 3 rings (SSSR count). The van der Waals surface area contributed by atoms with Gasteiger partial charge in [0.05, 0.1) is 6.04 Å². The molecule has 0 aromatic heterocycles. The van der Waals surface area contributed by atoms with Crippen LogP contribution in [0.2, 0.25) is 0 Å². The second-order valence-electron chi connectivity index (χ2n) is 6.71. The third-order valence-electron chi connectivity index (χ3n) is 5.16. The number of hydrogen-bond acceptors (Lipinski definition) is 4. The molecule has 23 heavy (non-hydrogen) atoms. The van der Waals surface area contributed by atoms with Crippen molar-refractivity contribution in [3.8, 4) is 5.75 Å². The SMILES string of the molecule is C[C@H](C(=O)NC1CCCC1)N1CCN(c2ccc(O)cc2)CC1. The lowest BCUT2D eigenvalue weighted by molar-refractivity contribution is -0.126. The Morgan fingerprint density at radius 3 is 2.35 bits per heavy atom. The summed E-state index contributed by atoms with van der Waals surface area (Å²) < 4.78 is 0. The summed E-state index contributed by atoms with van der Waals surface area (Å²) >= 11 is 0. The van der Waals surface area contributed by atoms with Gasteiger partial charge in [-0.1, -0.05) is 12.8 Å². The van der Waals surface area contributed by atoms with Gasteiger partial charge < -0.3 is 15.3 Å². The maximum Gasteiger partial charge on any atom is 0.237 e. The van der Waals surface area contributed by atoms with Crippen molar-refractivity contribution in [1.29, 1.82) is 0 Å². The highest BCUT2D eigenvalue weighted by Crippen LogP contribution is 2.21. The zero-order chi connectivity index (χ0) is 16.2. The molecule has 2 aliphatic rings. The maximum absolute atomic E-state index is 12.4. The second-order valence-corrected chi connectivity index (χ2v) is 6.71. The van der Waals surface area contributed by atoms with Gasteiger partial charge in [-0.2, -0.15) is 0 Å². The van der Waals surface area contributed by atoms with Crippen molar-refractivity contribution >= 4 is 11.6 Å². The van der Waals surface area contributed by atoms with Gasteiger partial charge >= 0.3 is 0 Å². The van der Waals surface area contributed by atoms with Crippen molar-refractivity contribution in [2.45, 2.75) is 44.7 Å². The van der Waals surface area contributed by atoms with E-state index in [0.717, 1.165) is 44.7 Å². The molecular formula is C18H27N3O2. The lowest BCUT2D eigenvalue weighted by Crippen LogP contribution is -2.54. The van der Waals surface area contributed by atoms with E-state index in [0.29, 0.717) is 11.8 Å². The summed E-state index contributed by atoms with van der Waals surface area (Å²) in [6.45, 7) is 5.61. The highest BCUT2D eigenvalue weighted by molar-refractivity contribution is 5.81. The molecular weight excluding hydrogens is 290 g/mol. The highest BCUT2D eigenvalue weighted by Gasteiger charge is 2.27. The largest absolute Gasteiger partial charge is 0.508 e. The topological polar surface area (TPSA) is 55.8 Å². The van der Waals surface area contributed by atoms with E-state index in [4.69, 9.17) is 0 Å². The lowest BCUT2D eigenvalue weighted by atomic mass is 10.1. The highest BCUT2D eigenvalue weighted by atomic mass is 16.3. The first-order valence-corrected chi connectivity index (χ1v) is 8.72. The number of carbonyl (C=O) groups is 1. The molecule has 126 valence electrons. The number of phenols is 1. The van der Waals surface area contributed by atoms with Crippen molar-refractivity contribution in [1.82, 2.24) is 10.2 Å². The lowest BCUT2D eigenvalue weighted by Gasteiger charge is -2.38. The molecule has 5 heteroatoms. The molecule has 0 spiro atoms. The van der Waals surface area contributed by atoms with Gasteiger partial charge in [0.1, 0.15) is 5.75 Å². The molecule has 1 heterocycles. The number of nitrogens with zero attached hydrogens (tertiary/aromatic N) is 2. The van der Waals surface area contributed by atoms with Crippen molar-refractivity contribution < 1.29 is 9.90 Å². The van der Waals surface area contributed by atoms with Crippen molar-refractivity contribution in [2.24, 2.45) is 0 Å². The van der Waals surface area contributed by atoms with E-state index in [1.165, 1.54) is 12.8 Å². The Labute approximate surface area is 138 Å². The Bertz CT molecular complexity index is 518. The number of rotatable bonds is 4. The first-order valence-electron chi connectivity index (χ1n) is 8.72. The van der Waals surface area contributed by atoms with Crippen LogP contribution in [0, 0.1) is 0 Å². The zero-order valence-corrected chi connectivity index (χ0v) is 13.9. The van der Waals surface area contributed by atoms with Gasteiger partial charge in [0.25, 0.3) is 0 Å². The number of hydrogen-bond donors (Lipinski definition) is 2. The number of nitrogens with one attached hydrogen (secondary N) is 1. The third-order valence-corrected chi connectivity index (χ3v) is 5.16. The molecule has 2 N–H and O–H groups in total. The van der Waals surface area contributed by atoms with Crippen molar-refractivity contribution in [3.05, 3.63) is 24.3 Å². The summed E-state index contributed by atoms with van der Waals surface area (Å²) in [4.78, 5) is 17.0. The predicted molar refractivity (Wildman–Crippen MR) is 91.8 cm³/mol. The zero-order valence-electron chi connectivity index (χ0n) is 13.9. The van der Waals surface area contributed by atoms with Crippen LogP contribution in [0.4, 0.5) is 5.69 Å². The third kappa shape index (κ3) is 3.96. The summed E-state index contributed by atoms with van der Waals surface area (Å²) in [5.74, 6) is 0.472. The van der Waals surface area contributed by atoms with Gasteiger partial charge in [-0.25, -0.2) is 0 Å². The minimum absolute atomic E-state index is 0.0578. The molecule has 2 fully saturated rings. The molecule has 0 bridgehead atoms. The number of anilines is 1. The van der Waals surface area contributed by atoms with E-state index in [2.05, 4.69) is 15.1 Å². The quantitative estimate of drug-likeness (QED) is 0.891. The molecule has 1 aliphatic carbocycles. The van der Waals surface area contributed by atoms with E-state index in [-0.39, 0.29) is 11.9 Å². The Kier molecular flexibility index (Phi) is 5.06. The molecule has 1 atom stereocenters. The standard InChI is InChI=1S/C18H27N3O2/c1-14(18(23)19-15-4-2-3-5-15)20-10-12-21(13-11-20)16-6-8-17(22)9-7-16/h6-9,14-15,22H,2-5,10-13H2,1H3,(H,19,23)/t14-/m1/s1. The Morgan fingerprint density at radius 2 is 1.74 bits per heavy atom. The van der Waals surface area contributed by atoms with E-state index in [1.54, 1.807) is 12.1 Å². The Hall–Kier alpha value is -1.75. The summed E-state index contributed by atoms with van der Waals surface area (Å²) in [6, 6.07) is 7.67. The maximum atomic E-state index is 12.4. The fourth-order valence-electron chi connectivity index (χ4n) is 3.59. The van der Waals surface area contributed by atoms with Crippen LogP contribution in [0.25, 0.3) is 0 Å². The van der Waals surface area contributed by atoms with Crippen LogP contribution in [0.5, 0.6) is 5.75 Å². The van der Waals surface area contributed by atoms with Crippen molar-refractivity contribution in [3.63, 3.8) is 0 Å². The number of phenolic OH excluding ortho intramolecular Hbond substituents is 1. The van der Waals surface area contributed by atoms with Crippen LogP contribution in [-0.2, 0) is 4.79 Å². The molecule has 1 saturated heterocycles. The van der Waals surface area contributed by atoms with Crippen LogP contribution in [-0.4, -0.2) is 54.2 Å². The fourth-order valence-corrected chi connectivity index (χ4v) is 3.59. The minimum Gasteiger partial charge on any atom is -0.508 e. The van der Waals surface area contributed by atoms with E-state index < -0.39 is 0 Å². The summed E-state index contributed by atoms with van der Waals surface area (Å²) in [5, 5.41) is 12.6. The number of carbonyl (C=O) groups excluding carboxylic acids is 1. The van der Waals surface area contributed by atoms with Gasteiger partial charge in [0.15, 0.2) is 0 Å². The van der Waals surface area contributed by atoms with Gasteiger partial charge in [-0.3, -0.25) is 9.69 Å². The molecule has 5 nitrogen and oxygen atoms in total. The summed E-state index contributed by atoms with van der Waals surface area (Å²) in [7, 11) is 0. The van der Waals surface area contributed by atoms with E-state index in [9.17, 15) is 9.90 Å². The average Bonchev–Trinajstić information content (AvgIpc) is 3.08. The minimum atomic E-state index is -0.0578. The number of aromatic hydroxyl groups is 1. The van der Waals surface area contributed by atoms with Gasteiger partial charge in [0, 0.05) is 37.9 Å². The Balaban J connectivity index is 1.49. The average molecular weight is 317 g/mol. The summed E-state index contributed by atoms with van der Waals surface area (Å²) in [6.07, 6.45) is 4.75. The van der Waals surface area contributed by atoms with Crippen LogP contribution in [0.3, 0.4) is 0 Å². The number of amides is 1. The fraction of sp³-hybridized carbons (Fsp3) is 0.611. The second kappa shape index (κ2) is 7.21. The normalized spacial score (nSPS) is 21.3. The first kappa shape index (κ1) is 16.1. The van der Waals surface area contributed by atoms with Gasteiger partial charge in [-0.05, 0) is 44.0 Å². The Morgan fingerprint density at radius 1 is 1.13 bits per heavy atom. The first-order chi connectivity index (χ1) is 11.1. The summed E-state index contributed by atoms with van der Waals surface area (Å²) in [5.41, 5.74) is 1.13. The molecule has 1 saturated carbocycles. The van der Waals surface area contributed by atoms with Crippen LogP contribution < -0.4 is 10.2 Å². The van der Waals surface area contributed by atoms with E-state index in [1.807, 2.05) is 19.1 Å². The van der Waals surface area contributed by atoms with Gasteiger partial charge in [-0.15, -0.1) is 0 Å². The molecule has 1 aromatic carbocycles. The van der Waals surface area contributed by atoms with Crippen LogP contribution in [0.15, 0.2) is 24.3 Å². The molecule has 1 amide bonds. The molecule has 1 aliphatic heterocycles. The predicted octanol–water partition coefficient (Wildman–Crippen LogP) is 1.96. The van der Waals surface area contributed by atoms with Crippen LogP contribution >= 0.6 is 0 Å². The molecule has 0 unspecified atom stereocenters. The smallest absolute Gasteiger partial charge is 0.237 e. The molecule has 0 radical (unpaired) electrons. The van der Waals surface area contributed by atoms with Crippen molar-refractivity contribution in [2.75, 3.05) is 31.1 Å². The van der Waals surface area contributed by atoms with Crippen LogP contribution in [0.1, 0.15) is 32.6 Å². The molecule has 1 aromatic rings. The van der Waals surface area contributed by atoms with Gasteiger partial charge in [0.2, 0.25) is 5.91 Å². The van der Waals surface area contributed by atoms with E-state index >= 15 is 0 Å². The monoisotopic (exact) mass is 317 g/mol. The number of benzene rings is 1. The number of piperazine rings is 1.